The summed E-state index contributed by atoms with van der Waals surface area (Å²) in [6.07, 6.45) is 0. The van der Waals surface area contributed by atoms with Crippen molar-refractivity contribution in [1.29, 1.82) is 0 Å². The van der Waals surface area contributed by atoms with Gasteiger partial charge in [-0.1, -0.05) is 30.3 Å². The SMILES string of the molecule is O=C(O)c1cc(F)c(F)cc1OCc1ccccc1. The van der Waals surface area contributed by atoms with Crippen LogP contribution in [0.5, 0.6) is 5.75 Å². The second-order valence-corrected chi connectivity index (χ2v) is 3.84. The van der Waals surface area contributed by atoms with E-state index in [1.54, 1.807) is 24.3 Å². The van der Waals surface area contributed by atoms with Crippen molar-refractivity contribution in [2.45, 2.75) is 6.61 Å². The van der Waals surface area contributed by atoms with Gasteiger partial charge in [0.1, 0.15) is 17.9 Å². The van der Waals surface area contributed by atoms with E-state index in [9.17, 15) is 13.6 Å². The molecule has 0 spiro atoms. The molecule has 0 atom stereocenters. The first-order valence-corrected chi connectivity index (χ1v) is 5.47. The monoisotopic (exact) mass is 264 g/mol. The fourth-order valence-corrected chi connectivity index (χ4v) is 1.55. The number of benzene rings is 2. The van der Waals surface area contributed by atoms with Crippen LogP contribution in [-0.4, -0.2) is 11.1 Å². The standard InChI is InChI=1S/C14H10F2O3/c15-11-6-10(14(17)18)13(7-12(11)16)19-8-9-4-2-1-3-5-9/h1-7H,8H2,(H,17,18). The molecule has 0 fully saturated rings. The van der Waals surface area contributed by atoms with E-state index in [1.807, 2.05) is 6.07 Å². The molecule has 0 bridgehead atoms. The van der Waals surface area contributed by atoms with Crippen molar-refractivity contribution in [2.75, 3.05) is 0 Å². The van der Waals surface area contributed by atoms with Crippen LogP contribution in [0.25, 0.3) is 0 Å². The summed E-state index contributed by atoms with van der Waals surface area (Å²) in [4.78, 5) is 10.9. The van der Waals surface area contributed by atoms with Gasteiger partial charge in [0.25, 0.3) is 0 Å². The number of halogens is 2. The molecule has 0 saturated heterocycles. The molecule has 0 aliphatic carbocycles. The molecule has 0 radical (unpaired) electrons. The first kappa shape index (κ1) is 13.0. The molecule has 5 heteroatoms. The van der Waals surface area contributed by atoms with Crippen molar-refractivity contribution in [1.82, 2.24) is 0 Å². The number of carboxylic acid groups (broad SMARTS) is 1. The second-order valence-electron chi connectivity index (χ2n) is 3.84. The van der Waals surface area contributed by atoms with E-state index in [1.165, 1.54) is 0 Å². The minimum absolute atomic E-state index is 0.0756. The summed E-state index contributed by atoms with van der Waals surface area (Å²) in [7, 11) is 0. The second kappa shape index (κ2) is 5.48. The number of aromatic carboxylic acids is 1. The number of hydrogen-bond donors (Lipinski definition) is 1. The maximum atomic E-state index is 13.1. The Balaban J connectivity index is 2.24. The van der Waals surface area contributed by atoms with E-state index in [0.29, 0.717) is 6.07 Å². The highest BCUT2D eigenvalue weighted by Crippen LogP contribution is 2.23. The zero-order chi connectivity index (χ0) is 13.8. The van der Waals surface area contributed by atoms with Gasteiger partial charge in [-0.3, -0.25) is 0 Å². The molecule has 0 saturated carbocycles. The lowest BCUT2D eigenvalue weighted by Gasteiger charge is -2.09. The van der Waals surface area contributed by atoms with Crippen LogP contribution in [0.3, 0.4) is 0 Å². The zero-order valence-electron chi connectivity index (χ0n) is 9.77. The van der Waals surface area contributed by atoms with Gasteiger partial charge in [-0.05, 0) is 11.6 Å². The Hall–Kier alpha value is -2.43. The molecule has 0 aromatic heterocycles. The van der Waals surface area contributed by atoms with Crippen molar-refractivity contribution >= 4 is 5.97 Å². The topological polar surface area (TPSA) is 46.5 Å². The summed E-state index contributed by atoms with van der Waals surface area (Å²) in [5, 5.41) is 8.91. The quantitative estimate of drug-likeness (QED) is 0.922. The first-order valence-electron chi connectivity index (χ1n) is 5.47. The third kappa shape index (κ3) is 3.07. The normalized spacial score (nSPS) is 10.2. The van der Waals surface area contributed by atoms with Crippen molar-refractivity contribution in [2.24, 2.45) is 0 Å². The van der Waals surface area contributed by atoms with Gasteiger partial charge in [-0.2, -0.15) is 0 Å². The molecule has 0 aliphatic rings. The van der Waals surface area contributed by atoms with Crippen LogP contribution in [0.15, 0.2) is 42.5 Å². The van der Waals surface area contributed by atoms with Gasteiger partial charge in [-0.25, -0.2) is 13.6 Å². The third-order valence-electron chi connectivity index (χ3n) is 2.49. The lowest BCUT2D eigenvalue weighted by Crippen LogP contribution is -2.05. The molecule has 2 aromatic rings. The highest BCUT2D eigenvalue weighted by atomic mass is 19.2. The van der Waals surface area contributed by atoms with Crippen LogP contribution >= 0.6 is 0 Å². The highest BCUT2D eigenvalue weighted by Gasteiger charge is 2.16. The third-order valence-corrected chi connectivity index (χ3v) is 2.49. The van der Waals surface area contributed by atoms with Gasteiger partial charge in [0.2, 0.25) is 0 Å². The molecule has 0 aliphatic heterocycles. The Morgan fingerprint density at radius 3 is 2.37 bits per heavy atom. The molecule has 98 valence electrons. The number of rotatable bonds is 4. The minimum Gasteiger partial charge on any atom is -0.488 e. The zero-order valence-corrected chi connectivity index (χ0v) is 9.77. The summed E-state index contributed by atoms with van der Waals surface area (Å²) in [6.45, 7) is 0.0756. The van der Waals surface area contributed by atoms with Crippen LogP contribution in [0.1, 0.15) is 15.9 Å². The Kier molecular flexibility index (Phi) is 3.75. The number of ether oxygens (including phenoxy) is 1. The molecular weight excluding hydrogens is 254 g/mol. The first-order chi connectivity index (χ1) is 9.08. The molecule has 2 rings (SSSR count). The van der Waals surface area contributed by atoms with E-state index >= 15 is 0 Å². The molecule has 0 amide bonds. The van der Waals surface area contributed by atoms with Gasteiger partial charge in [-0.15, -0.1) is 0 Å². The Labute approximate surface area is 108 Å². The minimum atomic E-state index is -1.37. The van der Waals surface area contributed by atoms with Crippen molar-refractivity contribution < 1.29 is 23.4 Å². The van der Waals surface area contributed by atoms with Crippen molar-refractivity contribution in [3.63, 3.8) is 0 Å². The summed E-state index contributed by atoms with van der Waals surface area (Å²) in [6, 6.07) is 10.3. The molecule has 3 nitrogen and oxygen atoms in total. The largest absolute Gasteiger partial charge is 0.488 e. The smallest absolute Gasteiger partial charge is 0.339 e. The maximum Gasteiger partial charge on any atom is 0.339 e. The number of carbonyl (C=O) groups is 1. The predicted octanol–water partition coefficient (Wildman–Crippen LogP) is 3.24. The number of carboxylic acids is 1. The van der Waals surface area contributed by atoms with E-state index in [4.69, 9.17) is 9.84 Å². The molecule has 0 unspecified atom stereocenters. The fourth-order valence-electron chi connectivity index (χ4n) is 1.55. The van der Waals surface area contributed by atoms with E-state index in [-0.39, 0.29) is 12.4 Å². The number of hydrogen-bond acceptors (Lipinski definition) is 2. The Bertz CT molecular complexity index is 597. The van der Waals surface area contributed by atoms with E-state index in [2.05, 4.69) is 0 Å². The average molecular weight is 264 g/mol. The highest BCUT2D eigenvalue weighted by molar-refractivity contribution is 5.90. The van der Waals surface area contributed by atoms with Gasteiger partial charge >= 0.3 is 5.97 Å². The average Bonchev–Trinajstić information content (AvgIpc) is 2.40. The van der Waals surface area contributed by atoms with Gasteiger partial charge < -0.3 is 9.84 Å². The van der Waals surface area contributed by atoms with Crippen molar-refractivity contribution in [3.8, 4) is 5.75 Å². The molecule has 0 heterocycles. The fraction of sp³-hybridized carbons (Fsp3) is 0.0714. The summed E-state index contributed by atoms with van der Waals surface area (Å²) < 4.78 is 31.3. The Morgan fingerprint density at radius 2 is 1.74 bits per heavy atom. The van der Waals surface area contributed by atoms with Crippen LogP contribution in [0.4, 0.5) is 8.78 Å². The van der Waals surface area contributed by atoms with Crippen LogP contribution < -0.4 is 4.74 Å². The van der Waals surface area contributed by atoms with Crippen LogP contribution in [-0.2, 0) is 6.61 Å². The van der Waals surface area contributed by atoms with Crippen molar-refractivity contribution in [3.05, 3.63) is 65.2 Å². The molecular formula is C14H10F2O3. The molecule has 19 heavy (non-hydrogen) atoms. The van der Waals surface area contributed by atoms with E-state index in [0.717, 1.165) is 11.6 Å². The van der Waals surface area contributed by atoms with E-state index < -0.39 is 23.2 Å². The lowest BCUT2D eigenvalue weighted by atomic mass is 10.2. The van der Waals surface area contributed by atoms with Gasteiger partial charge in [0, 0.05) is 6.07 Å². The maximum absolute atomic E-state index is 13.1. The Morgan fingerprint density at radius 1 is 1.11 bits per heavy atom. The van der Waals surface area contributed by atoms with Gasteiger partial charge in [0.15, 0.2) is 11.6 Å². The van der Waals surface area contributed by atoms with Crippen LogP contribution in [0.2, 0.25) is 0 Å². The lowest BCUT2D eigenvalue weighted by molar-refractivity contribution is 0.0691. The molecule has 2 aromatic carbocycles. The molecule has 1 N–H and O–H groups in total. The summed E-state index contributed by atoms with van der Waals surface area (Å²) >= 11 is 0. The summed E-state index contributed by atoms with van der Waals surface area (Å²) in [5.41, 5.74) is 0.387. The predicted molar refractivity (Wildman–Crippen MR) is 64.1 cm³/mol. The van der Waals surface area contributed by atoms with Gasteiger partial charge in [0.05, 0.1) is 0 Å². The summed E-state index contributed by atoms with van der Waals surface area (Å²) in [5.74, 6) is -3.94. The van der Waals surface area contributed by atoms with Crippen LogP contribution in [0, 0.1) is 11.6 Å².